The first kappa shape index (κ1) is 10.5. The smallest absolute Gasteiger partial charge is 0.116 e. The van der Waals surface area contributed by atoms with Gasteiger partial charge in [-0.15, -0.1) is 5.10 Å². The van der Waals surface area contributed by atoms with Gasteiger partial charge in [0.1, 0.15) is 5.69 Å². The lowest BCUT2D eigenvalue weighted by molar-refractivity contribution is 0.313. The summed E-state index contributed by atoms with van der Waals surface area (Å²) >= 11 is 0. The first-order valence-electron chi connectivity index (χ1n) is 5.91. The van der Waals surface area contributed by atoms with E-state index in [-0.39, 0.29) is 0 Å². The Morgan fingerprint density at radius 1 is 1.35 bits per heavy atom. The molecule has 0 saturated carbocycles. The predicted molar refractivity (Wildman–Crippen MR) is 63.5 cm³/mol. The van der Waals surface area contributed by atoms with Crippen LogP contribution in [0.3, 0.4) is 0 Å². The Morgan fingerprint density at radius 3 is 2.76 bits per heavy atom. The summed E-state index contributed by atoms with van der Waals surface area (Å²) in [6.07, 6.45) is 5.85. The lowest BCUT2D eigenvalue weighted by Gasteiger charge is -2.26. The van der Waals surface area contributed by atoms with Crippen molar-refractivity contribution in [2.75, 3.05) is 13.1 Å². The highest BCUT2D eigenvalue weighted by Crippen LogP contribution is 2.19. The van der Waals surface area contributed by atoms with E-state index in [2.05, 4.69) is 34.6 Å². The van der Waals surface area contributed by atoms with Gasteiger partial charge in [-0.05, 0) is 13.8 Å². The first-order chi connectivity index (χ1) is 8.24. The number of nitrogens with zero attached hydrogens (tertiary/aromatic N) is 5. The zero-order valence-corrected chi connectivity index (χ0v) is 10.0. The van der Waals surface area contributed by atoms with Crippen LogP contribution in [0.15, 0.2) is 18.6 Å². The Hall–Kier alpha value is -1.69. The standard InChI is InChI=1S/C11H16N6/c1-8(2)16-6-9(3-13-16)11-7-17(15-14-11)10-4-12-5-10/h3,6-8,10,12H,4-5H2,1-2H3. The van der Waals surface area contributed by atoms with Crippen molar-refractivity contribution >= 4 is 0 Å². The number of aromatic nitrogens is 5. The van der Waals surface area contributed by atoms with Gasteiger partial charge in [-0.2, -0.15) is 5.10 Å². The van der Waals surface area contributed by atoms with Crippen molar-refractivity contribution in [3.63, 3.8) is 0 Å². The summed E-state index contributed by atoms with van der Waals surface area (Å²) in [7, 11) is 0. The summed E-state index contributed by atoms with van der Waals surface area (Å²) in [6, 6.07) is 0.825. The average molecular weight is 232 g/mol. The summed E-state index contributed by atoms with van der Waals surface area (Å²) in [5.74, 6) is 0. The normalized spacial score (nSPS) is 16.4. The molecule has 2 aromatic heterocycles. The van der Waals surface area contributed by atoms with E-state index < -0.39 is 0 Å². The number of nitrogens with one attached hydrogen (secondary N) is 1. The molecule has 0 unspecified atom stereocenters. The van der Waals surface area contributed by atoms with Crippen LogP contribution in [0.2, 0.25) is 0 Å². The average Bonchev–Trinajstić information content (AvgIpc) is 2.80. The second-order valence-electron chi connectivity index (χ2n) is 4.70. The number of hydrogen-bond donors (Lipinski definition) is 1. The third kappa shape index (κ3) is 1.84. The van der Waals surface area contributed by atoms with E-state index in [1.54, 1.807) is 0 Å². The van der Waals surface area contributed by atoms with Crippen molar-refractivity contribution < 1.29 is 0 Å². The molecule has 0 amide bonds. The van der Waals surface area contributed by atoms with Gasteiger partial charge in [-0.3, -0.25) is 4.68 Å². The summed E-state index contributed by atoms with van der Waals surface area (Å²) in [6.45, 7) is 6.17. The van der Waals surface area contributed by atoms with Crippen LogP contribution in [0.5, 0.6) is 0 Å². The van der Waals surface area contributed by atoms with Crippen molar-refractivity contribution in [1.29, 1.82) is 0 Å². The van der Waals surface area contributed by atoms with Crippen LogP contribution in [0, 0.1) is 0 Å². The monoisotopic (exact) mass is 232 g/mol. The summed E-state index contributed by atoms with van der Waals surface area (Å²) in [5, 5.41) is 15.9. The topological polar surface area (TPSA) is 60.6 Å². The predicted octanol–water partition coefficient (Wildman–Crippen LogP) is 0.867. The molecule has 1 aliphatic heterocycles. The van der Waals surface area contributed by atoms with Gasteiger partial charge in [0.05, 0.1) is 18.4 Å². The fourth-order valence-corrected chi connectivity index (χ4v) is 1.80. The molecule has 3 rings (SSSR count). The van der Waals surface area contributed by atoms with E-state index in [4.69, 9.17) is 0 Å². The zero-order chi connectivity index (χ0) is 11.8. The van der Waals surface area contributed by atoms with Gasteiger partial charge in [0.15, 0.2) is 0 Å². The Labute approximate surface area is 99.6 Å². The number of rotatable bonds is 3. The Balaban J connectivity index is 1.84. The molecular formula is C11H16N6. The molecular weight excluding hydrogens is 216 g/mol. The second kappa shape index (κ2) is 3.96. The Kier molecular flexibility index (Phi) is 2.44. The van der Waals surface area contributed by atoms with Crippen LogP contribution in [0.4, 0.5) is 0 Å². The lowest BCUT2D eigenvalue weighted by Crippen LogP contribution is -2.43. The van der Waals surface area contributed by atoms with Gasteiger partial charge in [0.2, 0.25) is 0 Å². The molecule has 0 atom stereocenters. The van der Waals surface area contributed by atoms with E-state index in [1.165, 1.54) is 0 Å². The Bertz CT molecular complexity index is 508. The van der Waals surface area contributed by atoms with Gasteiger partial charge >= 0.3 is 0 Å². The minimum absolute atomic E-state index is 0.370. The molecule has 6 heteroatoms. The molecule has 6 nitrogen and oxygen atoms in total. The maximum absolute atomic E-state index is 4.31. The molecule has 17 heavy (non-hydrogen) atoms. The first-order valence-corrected chi connectivity index (χ1v) is 5.91. The molecule has 0 aromatic carbocycles. The number of hydrogen-bond acceptors (Lipinski definition) is 4. The van der Waals surface area contributed by atoms with Crippen molar-refractivity contribution in [2.45, 2.75) is 25.9 Å². The van der Waals surface area contributed by atoms with Gasteiger partial charge in [0.25, 0.3) is 0 Å². The molecule has 0 spiro atoms. The fraction of sp³-hybridized carbons (Fsp3) is 0.545. The van der Waals surface area contributed by atoms with E-state index >= 15 is 0 Å². The largest absolute Gasteiger partial charge is 0.312 e. The van der Waals surface area contributed by atoms with E-state index in [1.807, 2.05) is 28.0 Å². The lowest BCUT2D eigenvalue weighted by atomic mass is 10.2. The molecule has 0 radical (unpaired) electrons. The highest BCUT2D eigenvalue weighted by Gasteiger charge is 2.20. The van der Waals surface area contributed by atoms with Crippen LogP contribution in [-0.2, 0) is 0 Å². The maximum atomic E-state index is 4.31. The van der Waals surface area contributed by atoms with E-state index in [0.717, 1.165) is 24.3 Å². The van der Waals surface area contributed by atoms with Crippen molar-refractivity contribution in [2.24, 2.45) is 0 Å². The summed E-state index contributed by atoms with van der Waals surface area (Å²) < 4.78 is 3.86. The molecule has 3 heterocycles. The van der Waals surface area contributed by atoms with Gasteiger partial charge in [0, 0.05) is 30.9 Å². The van der Waals surface area contributed by atoms with Crippen LogP contribution in [0.1, 0.15) is 25.9 Å². The van der Waals surface area contributed by atoms with Gasteiger partial charge in [-0.25, -0.2) is 4.68 Å². The fourth-order valence-electron chi connectivity index (χ4n) is 1.80. The van der Waals surface area contributed by atoms with Gasteiger partial charge in [-0.1, -0.05) is 5.21 Å². The highest BCUT2D eigenvalue weighted by atomic mass is 15.5. The van der Waals surface area contributed by atoms with Crippen molar-refractivity contribution in [1.82, 2.24) is 30.1 Å². The molecule has 90 valence electrons. The van der Waals surface area contributed by atoms with Crippen LogP contribution < -0.4 is 5.32 Å². The quantitative estimate of drug-likeness (QED) is 0.853. The molecule has 1 aliphatic rings. The molecule has 0 aliphatic carbocycles. The van der Waals surface area contributed by atoms with Crippen molar-refractivity contribution in [3.05, 3.63) is 18.6 Å². The molecule has 0 bridgehead atoms. The molecule has 1 N–H and O–H groups in total. The summed E-state index contributed by atoms with van der Waals surface area (Å²) in [4.78, 5) is 0. The maximum Gasteiger partial charge on any atom is 0.116 e. The summed E-state index contributed by atoms with van der Waals surface area (Å²) in [5.41, 5.74) is 1.92. The minimum atomic E-state index is 0.370. The third-order valence-electron chi connectivity index (χ3n) is 3.07. The van der Waals surface area contributed by atoms with Crippen LogP contribution in [-0.4, -0.2) is 37.9 Å². The molecule has 2 aromatic rings. The zero-order valence-electron chi connectivity index (χ0n) is 10.0. The SMILES string of the molecule is CC(C)n1cc(-c2cn(C3CNC3)nn2)cn1. The van der Waals surface area contributed by atoms with Crippen LogP contribution >= 0.6 is 0 Å². The second-order valence-corrected chi connectivity index (χ2v) is 4.70. The Morgan fingerprint density at radius 2 is 2.18 bits per heavy atom. The van der Waals surface area contributed by atoms with E-state index in [0.29, 0.717) is 12.1 Å². The van der Waals surface area contributed by atoms with Gasteiger partial charge < -0.3 is 5.32 Å². The molecule has 1 saturated heterocycles. The molecule has 1 fully saturated rings. The van der Waals surface area contributed by atoms with Crippen molar-refractivity contribution in [3.8, 4) is 11.3 Å². The third-order valence-corrected chi connectivity index (χ3v) is 3.07. The highest BCUT2D eigenvalue weighted by molar-refractivity contribution is 5.55. The minimum Gasteiger partial charge on any atom is -0.312 e. The van der Waals surface area contributed by atoms with Crippen LogP contribution in [0.25, 0.3) is 11.3 Å². The van der Waals surface area contributed by atoms with E-state index in [9.17, 15) is 0 Å².